The van der Waals surface area contributed by atoms with Gasteiger partial charge in [0.05, 0.1) is 0 Å². The Balaban J connectivity index is 2.39. The van der Waals surface area contributed by atoms with Gasteiger partial charge in [-0.05, 0) is 6.92 Å². The molecular formula is C4H9N3O2. The number of nitrogens with two attached hydrogens (primary N) is 1. The van der Waals surface area contributed by atoms with Crippen molar-refractivity contribution in [2.24, 2.45) is 5.73 Å². The van der Waals surface area contributed by atoms with Crippen LogP contribution >= 0.6 is 0 Å². The fraction of sp³-hybridized carbons (Fsp3) is 0.750. The summed E-state index contributed by atoms with van der Waals surface area (Å²) in [6, 6.07) is 0. The van der Waals surface area contributed by atoms with Gasteiger partial charge in [-0.15, -0.1) is 0 Å². The molecule has 4 N–H and O–H groups in total. The number of primary amides is 1. The number of ether oxygens (including phenoxy) is 1. The third kappa shape index (κ3) is 1.38. The lowest BCUT2D eigenvalue weighted by Crippen LogP contribution is -2.40. The van der Waals surface area contributed by atoms with Crippen LogP contribution in [0.3, 0.4) is 0 Å². The van der Waals surface area contributed by atoms with Gasteiger partial charge in [-0.3, -0.25) is 4.79 Å². The SMILES string of the molecule is CC1NNC(C(N)=O)O1. The minimum atomic E-state index is -0.681. The molecule has 5 heteroatoms. The standard InChI is InChI=1S/C4H9N3O2/c1-2-6-7-4(9-2)3(5)8/h2,4,6-7H,1H3,(H2,5,8). The fourth-order valence-corrected chi connectivity index (χ4v) is 0.603. The molecule has 0 bridgehead atoms. The van der Waals surface area contributed by atoms with Crippen molar-refractivity contribution in [1.82, 2.24) is 10.9 Å². The predicted molar refractivity (Wildman–Crippen MR) is 29.8 cm³/mol. The Kier molecular flexibility index (Phi) is 1.65. The highest BCUT2D eigenvalue weighted by atomic mass is 16.6. The molecule has 2 unspecified atom stereocenters. The van der Waals surface area contributed by atoms with E-state index in [1.807, 2.05) is 0 Å². The number of nitrogens with one attached hydrogen (secondary N) is 2. The Morgan fingerprint density at radius 1 is 1.67 bits per heavy atom. The van der Waals surface area contributed by atoms with Crippen LogP contribution in [0.25, 0.3) is 0 Å². The van der Waals surface area contributed by atoms with Crippen molar-refractivity contribution in [3.8, 4) is 0 Å². The first-order valence-electron chi connectivity index (χ1n) is 2.66. The molecular weight excluding hydrogens is 122 g/mol. The van der Waals surface area contributed by atoms with Crippen molar-refractivity contribution in [1.29, 1.82) is 0 Å². The van der Waals surface area contributed by atoms with Crippen molar-refractivity contribution in [2.45, 2.75) is 19.4 Å². The van der Waals surface area contributed by atoms with Crippen LogP contribution in [0, 0.1) is 0 Å². The van der Waals surface area contributed by atoms with E-state index in [-0.39, 0.29) is 6.23 Å². The molecule has 1 heterocycles. The summed E-state index contributed by atoms with van der Waals surface area (Å²) in [5, 5.41) is 0. The van der Waals surface area contributed by atoms with E-state index in [9.17, 15) is 4.79 Å². The first-order chi connectivity index (χ1) is 4.20. The number of hydrazine groups is 1. The number of amides is 1. The van der Waals surface area contributed by atoms with E-state index in [1.165, 1.54) is 0 Å². The highest BCUT2D eigenvalue weighted by Crippen LogP contribution is 1.96. The molecule has 0 aromatic heterocycles. The third-order valence-corrected chi connectivity index (χ3v) is 1.02. The zero-order valence-corrected chi connectivity index (χ0v) is 5.05. The second kappa shape index (κ2) is 2.30. The average molecular weight is 131 g/mol. The van der Waals surface area contributed by atoms with Crippen molar-refractivity contribution in [3.05, 3.63) is 0 Å². The molecule has 5 nitrogen and oxygen atoms in total. The van der Waals surface area contributed by atoms with E-state index in [1.54, 1.807) is 6.92 Å². The summed E-state index contributed by atoms with van der Waals surface area (Å²) in [6.07, 6.45) is -0.831. The third-order valence-electron chi connectivity index (χ3n) is 1.02. The van der Waals surface area contributed by atoms with E-state index in [4.69, 9.17) is 10.5 Å². The Morgan fingerprint density at radius 2 is 2.33 bits per heavy atom. The van der Waals surface area contributed by atoms with Gasteiger partial charge in [-0.1, -0.05) is 0 Å². The first-order valence-corrected chi connectivity index (χ1v) is 2.66. The van der Waals surface area contributed by atoms with Crippen molar-refractivity contribution >= 4 is 5.91 Å². The number of carbonyl (C=O) groups is 1. The van der Waals surface area contributed by atoms with Gasteiger partial charge in [0.25, 0.3) is 5.91 Å². The van der Waals surface area contributed by atoms with Crippen molar-refractivity contribution in [2.75, 3.05) is 0 Å². The highest BCUT2D eigenvalue weighted by Gasteiger charge is 2.24. The lowest BCUT2D eigenvalue weighted by molar-refractivity contribution is -0.129. The maximum atomic E-state index is 10.3. The van der Waals surface area contributed by atoms with Gasteiger partial charge in [0, 0.05) is 0 Å². The number of hydrogen-bond acceptors (Lipinski definition) is 4. The van der Waals surface area contributed by atoms with E-state index in [0.717, 1.165) is 0 Å². The Labute approximate surface area is 52.5 Å². The summed E-state index contributed by atoms with van der Waals surface area (Å²) < 4.78 is 4.93. The fourth-order valence-electron chi connectivity index (χ4n) is 0.603. The molecule has 1 fully saturated rings. The summed E-state index contributed by atoms with van der Waals surface area (Å²) >= 11 is 0. The molecule has 1 amide bonds. The van der Waals surface area contributed by atoms with Gasteiger partial charge in [0.1, 0.15) is 6.23 Å². The smallest absolute Gasteiger partial charge is 0.263 e. The summed E-state index contributed by atoms with van der Waals surface area (Å²) in [5.41, 5.74) is 10.1. The number of rotatable bonds is 1. The van der Waals surface area contributed by atoms with Crippen LogP contribution in [0.1, 0.15) is 6.92 Å². The van der Waals surface area contributed by atoms with Crippen molar-refractivity contribution < 1.29 is 9.53 Å². The topological polar surface area (TPSA) is 76.4 Å². The van der Waals surface area contributed by atoms with E-state index < -0.39 is 12.1 Å². The highest BCUT2D eigenvalue weighted by molar-refractivity contribution is 5.78. The summed E-state index contributed by atoms with van der Waals surface area (Å²) in [6.45, 7) is 1.77. The summed E-state index contributed by atoms with van der Waals surface area (Å²) in [5.74, 6) is -0.508. The van der Waals surface area contributed by atoms with Gasteiger partial charge in [0.2, 0.25) is 6.23 Å². The Morgan fingerprint density at radius 3 is 2.56 bits per heavy atom. The summed E-state index contributed by atoms with van der Waals surface area (Å²) in [7, 11) is 0. The van der Waals surface area contributed by atoms with Gasteiger partial charge < -0.3 is 10.5 Å². The van der Waals surface area contributed by atoms with Crippen LogP contribution in [0.2, 0.25) is 0 Å². The summed E-state index contributed by atoms with van der Waals surface area (Å²) in [4.78, 5) is 10.3. The molecule has 0 aromatic carbocycles. The molecule has 0 aliphatic carbocycles. The molecule has 0 spiro atoms. The Bertz CT molecular complexity index is 127. The lowest BCUT2D eigenvalue weighted by atomic mass is 10.6. The normalized spacial score (nSPS) is 34.8. The first kappa shape index (κ1) is 6.47. The molecule has 0 saturated carbocycles. The molecule has 0 aromatic rings. The predicted octanol–water partition coefficient (Wildman–Crippen LogP) is -1.73. The van der Waals surface area contributed by atoms with Gasteiger partial charge in [0.15, 0.2) is 0 Å². The molecule has 0 radical (unpaired) electrons. The van der Waals surface area contributed by atoms with Crippen molar-refractivity contribution in [3.63, 3.8) is 0 Å². The van der Waals surface area contributed by atoms with Gasteiger partial charge in [-0.25, -0.2) is 10.9 Å². The van der Waals surface area contributed by atoms with Gasteiger partial charge in [-0.2, -0.15) is 0 Å². The quantitative estimate of drug-likeness (QED) is 0.395. The molecule has 1 rings (SSSR count). The second-order valence-corrected chi connectivity index (χ2v) is 1.85. The lowest BCUT2D eigenvalue weighted by Gasteiger charge is -2.01. The molecule has 1 aliphatic rings. The zero-order chi connectivity index (χ0) is 6.85. The van der Waals surface area contributed by atoms with E-state index in [2.05, 4.69) is 10.9 Å². The second-order valence-electron chi connectivity index (χ2n) is 1.85. The van der Waals surface area contributed by atoms with Crippen LogP contribution in [0.4, 0.5) is 0 Å². The maximum Gasteiger partial charge on any atom is 0.263 e. The largest absolute Gasteiger partial charge is 0.366 e. The van der Waals surface area contributed by atoms with Crippen LogP contribution in [0.5, 0.6) is 0 Å². The van der Waals surface area contributed by atoms with Crippen LogP contribution < -0.4 is 16.6 Å². The zero-order valence-electron chi connectivity index (χ0n) is 5.05. The average Bonchev–Trinajstić information content (AvgIpc) is 2.14. The molecule has 1 saturated heterocycles. The van der Waals surface area contributed by atoms with Crippen LogP contribution in [-0.4, -0.2) is 18.4 Å². The van der Waals surface area contributed by atoms with E-state index in [0.29, 0.717) is 0 Å². The molecule has 9 heavy (non-hydrogen) atoms. The molecule has 52 valence electrons. The minimum absolute atomic E-state index is 0.150. The molecule has 2 atom stereocenters. The minimum Gasteiger partial charge on any atom is -0.366 e. The number of hydrogen-bond donors (Lipinski definition) is 3. The van der Waals surface area contributed by atoms with Crippen LogP contribution in [-0.2, 0) is 9.53 Å². The Hall–Kier alpha value is -0.650. The monoisotopic (exact) mass is 131 g/mol. The maximum absolute atomic E-state index is 10.3. The van der Waals surface area contributed by atoms with Crippen LogP contribution in [0.15, 0.2) is 0 Å². The molecule has 1 aliphatic heterocycles. The number of carbonyl (C=O) groups excluding carboxylic acids is 1. The van der Waals surface area contributed by atoms with Gasteiger partial charge >= 0.3 is 0 Å². The van der Waals surface area contributed by atoms with E-state index >= 15 is 0 Å².